The Morgan fingerprint density at radius 3 is 2.68 bits per heavy atom. The molecule has 112 valence electrons. The van der Waals surface area contributed by atoms with E-state index in [1.807, 2.05) is 0 Å². The molecule has 0 spiro atoms. The van der Waals surface area contributed by atoms with Crippen LogP contribution in [0.15, 0.2) is 0 Å². The van der Waals surface area contributed by atoms with Crippen LogP contribution in [-0.2, 0) is 9.53 Å². The Kier molecular flexibility index (Phi) is 7.00. The second kappa shape index (κ2) is 8.00. The maximum Gasteiger partial charge on any atom is 0.320 e. The van der Waals surface area contributed by atoms with Gasteiger partial charge in [-0.05, 0) is 12.2 Å². The van der Waals surface area contributed by atoms with Crippen molar-refractivity contribution in [3.8, 4) is 0 Å². The summed E-state index contributed by atoms with van der Waals surface area (Å²) >= 11 is 1.42. The number of aliphatic hydroxyl groups excluding tert-OH is 2. The zero-order valence-corrected chi connectivity index (χ0v) is 11.3. The lowest BCUT2D eigenvalue weighted by molar-refractivity contribution is -0.138. The minimum Gasteiger partial charge on any atom is -0.480 e. The second-order valence-electron chi connectivity index (χ2n) is 4.29. The van der Waals surface area contributed by atoms with Crippen LogP contribution in [0.5, 0.6) is 0 Å². The number of carbonyl (C=O) groups is 1. The van der Waals surface area contributed by atoms with Crippen molar-refractivity contribution in [2.24, 2.45) is 11.5 Å². The third-order valence-corrected chi connectivity index (χ3v) is 3.94. The number of rotatable bonds is 8. The molecule has 1 fully saturated rings. The zero-order valence-electron chi connectivity index (χ0n) is 10.4. The highest BCUT2D eigenvalue weighted by atomic mass is 32.2. The first kappa shape index (κ1) is 16.6. The van der Waals surface area contributed by atoms with Crippen LogP contribution in [0.3, 0.4) is 0 Å². The highest BCUT2D eigenvalue weighted by Crippen LogP contribution is 2.23. The molecule has 0 aromatic carbocycles. The van der Waals surface area contributed by atoms with Crippen LogP contribution >= 0.6 is 11.8 Å². The molecule has 1 rings (SSSR count). The largest absolute Gasteiger partial charge is 0.480 e. The second-order valence-corrected chi connectivity index (χ2v) is 5.44. The Hall–Kier alpha value is -0.420. The Balaban J connectivity index is 2.24. The van der Waals surface area contributed by atoms with Gasteiger partial charge in [-0.2, -0.15) is 11.8 Å². The summed E-state index contributed by atoms with van der Waals surface area (Å²) in [6, 6.07) is -0.876. The highest BCUT2D eigenvalue weighted by Gasteiger charge is 2.41. The standard InChI is InChI=1S/C10H21N3O5S/c11-4-13-9-8(15)7(14)6(18-9)3-19-2-1-5(12)10(16)17/h5-9,13-15H,1-4,11-12H2,(H,16,17). The zero-order chi connectivity index (χ0) is 14.4. The predicted molar refractivity (Wildman–Crippen MR) is 70.4 cm³/mol. The lowest BCUT2D eigenvalue weighted by atomic mass is 10.1. The van der Waals surface area contributed by atoms with Crippen molar-refractivity contribution in [2.75, 3.05) is 18.2 Å². The molecule has 0 aliphatic carbocycles. The monoisotopic (exact) mass is 295 g/mol. The molecule has 0 aromatic heterocycles. The number of nitrogens with one attached hydrogen (secondary N) is 1. The van der Waals surface area contributed by atoms with Gasteiger partial charge in [-0.15, -0.1) is 0 Å². The van der Waals surface area contributed by atoms with E-state index in [0.29, 0.717) is 17.9 Å². The van der Waals surface area contributed by atoms with Crippen LogP contribution in [-0.4, -0.2) is 70.0 Å². The van der Waals surface area contributed by atoms with Crippen LogP contribution in [0.2, 0.25) is 0 Å². The van der Waals surface area contributed by atoms with Crippen LogP contribution in [0.4, 0.5) is 0 Å². The van der Waals surface area contributed by atoms with E-state index in [0.717, 1.165) is 0 Å². The van der Waals surface area contributed by atoms with Crippen molar-refractivity contribution < 1.29 is 24.9 Å². The molecule has 1 aliphatic heterocycles. The summed E-state index contributed by atoms with van der Waals surface area (Å²) in [7, 11) is 0. The van der Waals surface area contributed by atoms with Crippen molar-refractivity contribution in [1.82, 2.24) is 5.32 Å². The summed E-state index contributed by atoms with van der Waals surface area (Å²) in [5.41, 5.74) is 10.7. The van der Waals surface area contributed by atoms with E-state index < -0.39 is 36.6 Å². The average molecular weight is 295 g/mol. The summed E-state index contributed by atoms with van der Waals surface area (Å²) < 4.78 is 5.42. The molecule has 1 saturated heterocycles. The first-order chi connectivity index (χ1) is 8.97. The van der Waals surface area contributed by atoms with E-state index in [1.54, 1.807) is 0 Å². The minimum atomic E-state index is -1.03. The van der Waals surface area contributed by atoms with Gasteiger partial charge in [0.05, 0.1) is 6.10 Å². The number of ether oxygens (including phenoxy) is 1. The van der Waals surface area contributed by atoms with E-state index in [-0.39, 0.29) is 6.67 Å². The fraction of sp³-hybridized carbons (Fsp3) is 0.900. The fourth-order valence-electron chi connectivity index (χ4n) is 1.70. The molecule has 8 N–H and O–H groups in total. The normalized spacial score (nSPS) is 32.4. The summed E-state index contributed by atoms with van der Waals surface area (Å²) in [4.78, 5) is 10.5. The average Bonchev–Trinajstić information content (AvgIpc) is 2.63. The number of aliphatic hydroxyl groups is 2. The summed E-state index contributed by atoms with van der Waals surface area (Å²) in [6.07, 6.45) is -2.84. The van der Waals surface area contributed by atoms with Gasteiger partial charge in [0.15, 0.2) is 0 Å². The summed E-state index contributed by atoms with van der Waals surface area (Å²) in [5.74, 6) is -0.0290. The number of nitrogens with two attached hydrogens (primary N) is 2. The van der Waals surface area contributed by atoms with E-state index in [1.165, 1.54) is 11.8 Å². The molecule has 0 radical (unpaired) electrons. The van der Waals surface area contributed by atoms with Crippen molar-refractivity contribution in [2.45, 2.75) is 37.0 Å². The Morgan fingerprint density at radius 2 is 2.11 bits per heavy atom. The molecule has 1 heterocycles. The van der Waals surface area contributed by atoms with E-state index in [4.69, 9.17) is 21.3 Å². The molecular weight excluding hydrogens is 274 g/mol. The lowest BCUT2D eigenvalue weighted by Crippen LogP contribution is -2.43. The smallest absolute Gasteiger partial charge is 0.320 e. The highest BCUT2D eigenvalue weighted by molar-refractivity contribution is 7.99. The van der Waals surface area contributed by atoms with Gasteiger partial charge in [-0.3, -0.25) is 10.1 Å². The van der Waals surface area contributed by atoms with Gasteiger partial charge >= 0.3 is 5.97 Å². The van der Waals surface area contributed by atoms with Crippen molar-refractivity contribution in [3.05, 3.63) is 0 Å². The number of thioether (sulfide) groups is 1. The SMILES string of the molecule is NCNC1OC(CSCCC(N)C(=O)O)C(O)C1O. The van der Waals surface area contributed by atoms with Gasteiger partial charge in [0.2, 0.25) is 0 Å². The van der Waals surface area contributed by atoms with Crippen LogP contribution < -0.4 is 16.8 Å². The molecule has 5 atom stereocenters. The summed E-state index contributed by atoms with van der Waals surface area (Å²) in [5, 5.41) is 30.8. The van der Waals surface area contributed by atoms with E-state index in [2.05, 4.69) is 5.32 Å². The van der Waals surface area contributed by atoms with E-state index in [9.17, 15) is 15.0 Å². The lowest BCUT2D eigenvalue weighted by Gasteiger charge is -2.14. The van der Waals surface area contributed by atoms with Gasteiger partial charge < -0.3 is 31.5 Å². The van der Waals surface area contributed by atoms with Gasteiger partial charge in [-0.1, -0.05) is 0 Å². The van der Waals surface area contributed by atoms with Crippen LogP contribution in [0.1, 0.15) is 6.42 Å². The summed E-state index contributed by atoms with van der Waals surface area (Å²) in [6.45, 7) is 0.141. The molecule has 9 heteroatoms. The number of carboxylic acid groups (broad SMARTS) is 1. The van der Waals surface area contributed by atoms with Gasteiger partial charge in [0, 0.05) is 12.4 Å². The molecule has 0 bridgehead atoms. The molecule has 0 aromatic rings. The van der Waals surface area contributed by atoms with Crippen molar-refractivity contribution in [1.29, 1.82) is 0 Å². The molecule has 0 amide bonds. The molecule has 8 nitrogen and oxygen atoms in total. The number of aliphatic carboxylic acids is 1. The van der Waals surface area contributed by atoms with Gasteiger partial charge in [0.1, 0.15) is 24.5 Å². The quantitative estimate of drug-likeness (QED) is 0.210. The fourth-order valence-corrected chi connectivity index (χ4v) is 2.80. The number of hydrogen-bond donors (Lipinski definition) is 6. The Morgan fingerprint density at radius 1 is 1.42 bits per heavy atom. The van der Waals surface area contributed by atoms with Gasteiger partial charge in [-0.25, -0.2) is 0 Å². The Bertz CT molecular complexity index is 296. The molecule has 0 saturated carbocycles. The Labute approximate surface area is 115 Å². The molecule has 5 unspecified atom stereocenters. The first-order valence-corrected chi connectivity index (χ1v) is 7.14. The van der Waals surface area contributed by atoms with Gasteiger partial charge in [0.25, 0.3) is 0 Å². The predicted octanol–water partition coefficient (Wildman–Crippen LogP) is -2.53. The van der Waals surface area contributed by atoms with Crippen LogP contribution in [0.25, 0.3) is 0 Å². The number of carboxylic acids is 1. The maximum absolute atomic E-state index is 10.5. The third-order valence-electron chi connectivity index (χ3n) is 2.85. The first-order valence-electron chi connectivity index (χ1n) is 5.98. The molecule has 19 heavy (non-hydrogen) atoms. The minimum absolute atomic E-state index is 0.141. The molecular formula is C10H21N3O5S. The third kappa shape index (κ3) is 4.88. The van der Waals surface area contributed by atoms with Crippen molar-refractivity contribution in [3.63, 3.8) is 0 Å². The molecule has 1 aliphatic rings. The van der Waals surface area contributed by atoms with Crippen LogP contribution in [0, 0.1) is 0 Å². The topological polar surface area (TPSA) is 151 Å². The maximum atomic E-state index is 10.5. The van der Waals surface area contributed by atoms with E-state index >= 15 is 0 Å². The van der Waals surface area contributed by atoms with Crippen molar-refractivity contribution >= 4 is 17.7 Å². The number of hydrogen-bond acceptors (Lipinski definition) is 8.